The van der Waals surface area contributed by atoms with E-state index in [-0.39, 0.29) is 5.91 Å². The first kappa shape index (κ1) is 16.2. The summed E-state index contributed by atoms with van der Waals surface area (Å²) < 4.78 is 0. The lowest BCUT2D eigenvalue weighted by Crippen LogP contribution is -2.26. The minimum Gasteiger partial charge on any atom is -0.481 e. The number of amides is 1. The summed E-state index contributed by atoms with van der Waals surface area (Å²) in [5, 5.41) is 12.4. The molecule has 4 nitrogen and oxygen atoms in total. The highest BCUT2D eigenvalue weighted by atomic mass is 35.5. The SMILES string of the molecule is C=CCNC(=O)c1cc(Cl)ccc1C(CCC)C(=O)O. The third-order valence-corrected chi connectivity index (χ3v) is 3.15. The van der Waals surface area contributed by atoms with Gasteiger partial charge >= 0.3 is 5.97 Å². The maximum absolute atomic E-state index is 12.1. The smallest absolute Gasteiger partial charge is 0.310 e. The van der Waals surface area contributed by atoms with Gasteiger partial charge in [-0.05, 0) is 24.1 Å². The molecule has 0 aromatic heterocycles. The molecular formula is C15H18ClNO3. The van der Waals surface area contributed by atoms with E-state index in [9.17, 15) is 14.7 Å². The summed E-state index contributed by atoms with van der Waals surface area (Å²) >= 11 is 5.91. The van der Waals surface area contributed by atoms with Crippen molar-refractivity contribution in [1.82, 2.24) is 5.32 Å². The van der Waals surface area contributed by atoms with Gasteiger partial charge in [-0.3, -0.25) is 9.59 Å². The monoisotopic (exact) mass is 295 g/mol. The highest BCUT2D eigenvalue weighted by Gasteiger charge is 2.24. The van der Waals surface area contributed by atoms with Crippen LogP contribution in [0.2, 0.25) is 5.02 Å². The molecule has 1 unspecified atom stereocenters. The molecule has 0 aliphatic rings. The van der Waals surface area contributed by atoms with E-state index in [2.05, 4.69) is 11.9 Å². The van der Waals surface area contributed by atoms with E-state index in [1.807, 2.05) is 6.92 Å². The quantitative estimate of drug-likeness (QED) is 0.759. The molecule has 108 valence electrons. The van der Waals surface area contributed by atoms with Crippen LogP contribution >= 0.6 is 11.6 Å². The van der Waals surface area contributed by atoms with Crippen molar-refractivity contribution in [1.29, 1.82) is 0 Å². The molecule has 0 aliphatic carbocycles. The number of halogens is 1. The van der Waals surface area contributed by atoms with Crippen LogP contribution in [0.25, 0.3) is 0 Å². The lowest BCUT2D eigenvalue weighted by molar-refractivity contribution is -0.139. The molecule has 5 heteroatoms. The Kier molecular flexibility index (Phi) is 6.25. The maximum Gasteiger partial charge on any atom is 0.310 e. The number of nitrogens with one attached hydrogen (secondary N) is 1. The molecule has 0 bridgehead atoms. The molecule has 0 saturated heterocycles. The van der Waals surface area contributed by atoms with Crippen molar-refractivity contribution in [2.75, 3.05) is 6.54 Å². The molecule has 0 saturated carbocycles. The van der Waals surface area contributed by atoms with Crippen LogP contribution < -0.4 is 5.32 Å². The predicted octanol–water partition coefficient (Wildman–Crippen LogP) is 3.22. The van der Waals surface area contributed by atoms with Gasteiger partial charge in [0.15, 0.2) is 0 Å². The van der Waals surface area contributed by atoms with Gasteiger partial charge in [0, 0.05) is 17.1 Å². The number of rotatable bonds is 7. The molecule has 1 atom stereocenters. The van der Waals surface area contributed by atoms with Crippen LogP contribution in [0, 0.1) is 0 Å². The average Bonchev–Trinajstić information content (AvgIpc) is 2.42. The number of carboxylic acids is 1. The topological polar surface area (TPSA) is 66.4 Å². The molecule has 0 heterocycles. The Bertz CT molecular complexity index is 514. The first-order chi connectivity index (χ1) is 9.51. The Morgan fingerprint density at radius 3 is 2.75 bits per heavy atom. The van der Waals surface area contributed by atoms with Gasteiger partial charge in [-0.2, -0.15) is 0 Å². The second-order valence-electron chi connectivity index (χ2n) is 4.41. The Morgan fingerprint density at radius 2 is 2.20 bits per heavy atom. The fourth-order valence-electron chi connectivity index (χ4n) is 1.99. The Hall–Kier alpha value is -1.81. The minimum absolute atomic E-state index is 0.306. The molecule has 0 radical (unpaired) electrons. The average molecular weight is 296 g/mol. The molecule has 0 aliphatic heterocycles. The molecule has 2 N–H and O–H groups in total. The normalized spacial score (nSPS) is 11.7. The van der Waals surface area contributed by atoms with Crippen LogP contribution in [0.5, 0.6) is 0 Å². The van der Waals surface area contributed by atoms with Crippen molar-refractivity contribution in [2.24, 2.45) is 0 Å². The second-order valence-corrected chi connectivity index (χ2v) is 4.85. The zero-order chi connectivity index (χ0) is 15.1. The molecule has 1 aromatic carbocycles. The number of carboxylic acid groups (broad SMARTS) is 1. The van der Waals surface area contributed by atoms with Gasteiger partial charge in [0.1, 0.15) is 0 Å². The Balaban J connectivity index is 3.20. The van der Waals surface area contributed by atoms with Crippen LogP contribution in [-0.4, -0.2) is 23.5 Å². The largest absolute Gasteiger partial charge is 0.481 e. The van der Waals surface area contributed by atoms with Crippen LogP contribution in [0.15, 0.2) is 30.9 Å². The number of carbonyl (C=O) groups is 2. The second kappa shape index (κ2) is 7.70. The molecule has 0 spiro atoms. The standard InChI is InChI=1S/C15H18ClNO3/c1-3-5-12(15(19)20)11-7-6-10(16)9-13(11)14(18)17-8-4-2/h4,6-7,9,12H,2-3,5,8H2,1H3,(H,17,18)(H,19,20). The summed E-state index contributed by atoms with van der Waals surface area (Å²) in [4.78, 5) is 23.5. The van der Waals surface area contributed by atoms with Crippen LogP contribution in [0.4, 0.5) is 0 Å². The van der Waals surface area contributed by atoms with Crippen molar-refractivity contribution in [3.63, 3.8) is 0 Å². The summed E-state index contributed by atoms with van der Waals surface area (Å²) in [6.45, 7) is 5.75. The van der Waals surface area contributed by atoms with E-state index in [0.29, 0.717) is 35.5 Å². The molecular weight excluding hydrogens is 278 g/mol. The van der Waals surface area contributed by atoms with Crippen molar-refractivity contribution >= 4 is 23.5 Å². The first-order valence-corrected chi connectivity index (χ1v) is 6.80. The summed E-state index contributed by atoms with van der Waals surface area (Å²) in [6.07, 6.45) is 2.74. The van der Waals surface area contributed by atoms with E-state index in [0.717, 1.165) is 0 Å². The van der Waals surface area contributed by atoms with Gasteiger partial charge in [-0.25, -0.2) is 0 Å². The highest BCUT2D eigenvalue weighted by Crippen LogP contribution is 2.27. The maximum atomic E-state index is 12.1. The highest BCUT2D eigenvalue weighted by molar-refractivity contribution is 6.31. The van der Waals surface area contributed by atoms with Crippen molar-refractivity contribution in [3.05, 3.63) is 47.0 Å². The Labute approximate surface area is 123 Å². The predicted molar refractivity (Wildman–Crippen MR) is 79.3 cm³/mol. The molecule has 1 amide bonds. The summed E-state index contributed by atoms with van der Waals surface area (Å²) in [5.41, 5.74) is 0.797. The molecule has 1 rings (SSSR count). The first-order valence-electron chi connectivity index (χ1n) is 6.42. The van der Waals surface area contributed by atoms with Gasteiger partial charge in [0.05, 0.1) is 5.92 Å². The third kappa shape index (κ3) is 4.10. The van der Waals surface area contributed by atoms with Gasteiger partial charge in [-0.1, -0.05) is 37.1 Å². The fourth-order valence-corrected chi connectivity index (χ4v) is 2.16. The third-order valence-electron chi connectivity index (χ3n) is 2.92. The van der Waals surface area contributed by atoms with Crippen LogP contribution in [0.1, 0.15) is 41.6 Å². The number of hydrogen-bond donors (Lipinski definition) is 2. The molecule has 0 fully saturated rings. The van der Waals surface area contributed by atoms with Crippen molar-refractivity contribution in [2.45, 2.75) is 25.7 Å². The number of benzene rings is 1. The molecule has 1 aromatic rings. The van der Waals surface area contributed by atoms with E-state index in [4.69, 9.17) is 11.6 Å². The van der Waals surface area contributed by atoms with Crippen LogP contribution in [-0.2, 0) is 4.79 Å². The lowest BCUT2D eigenvalue weighted by Gasteiger charge is -2.16. The van der Waals surface area contributed by atoms with Crippen molar-refractivity contribution in [3.8, 4) is 0 Å². The Morgan fingerprint density at radius 1 is 1.50 bits per heavy atom. The molecule has 20 heavy (non-hydrogen) atoms. The summed E-state index contributed by atoms with van der Waals surface area (Å²) in [5.74, 6) is -1.99. The van der Waals surface area contributed by atoms with E-state index in [1.54, 1.807) is 18.2 Å². The van der Waals surface area contributed by atoms with Gasteiger partial charge in [-0.15, -0.1) is 6.58 Å². The summed E-state index contributed by atoms with van der Waals surface area (Å²) in [6, 6.07) is 4.72. The number of hydrogen-bond acceptors (Lipinski definition) is 2. The van der Waals surface area contributed by atoms with Gasteiger partial charge in [0.2, 0.25) is 0 Å². The van der Waals surface area contributed by atoms with Gasteiger partial charge in [0.25, 0.3) is 5.91 Å². The fraction of sp³-hybridized carbons (Fsp3) is 0.333. The van der Waals surface area contributed by atoms with E-state index >= 15 is 0 Å². The summed E-state index contributed by atoms with van der Waals surface area (Å²) in [7, 11) is 0. The van der Waals surface area contributed by atoms with Crippen molar-refractivity contribution < 1.29 is 14.7 Å². The number of carbonyl (C=O) groups excluding carboxylic acids is 1. The zero-order valence-corrected chi connectivity index (χ0v) is 12.1. The van der Waals surface area contributed by atoms with Crippen LogP contribution in [0.3, 0.4) is 0 Å². The zero-order valence-electron chi connectivity index (χ0n) is 11.4. The van der Waals surface area contributed by atoms with E-state index < -0.39 is 11.9 Å². The number of aliphatic carboxylic acids is 1. The van der Waals surface area contributed by atoms with E-state index in [1.165, 1.54) is 6.07 Å². The lowest BCUT2D eigenvalue weighted by atomic mass is 9.90. The minimum atomic E-state index is -0.938. The van der Waals surface area contributed by atoms with Gasteiger partial charge < -0.3 is 10.4 Å².